The number of rotatable bonds is 6. The van der Waals surface area contributed by atoms with Crippen LogP contribution >= 0.6 is 0 Å². The molecule has 0 atom stereocenters. The molecule has 0 bridgehead atoms. The fraction of sp³-hybridized carbons (Fsp3) is 0.273. The van der Waals surface area contributed by atoms with Gasteiger partial charge in [-0.25, -0.2) is 9.37 Å². The van der Waals surface area contributed by atoms with Crippen LogP contribution in [-0.2, 0) is 6.42 Å². The summed E-state index contributed by atoms with van der Waals surface area (Å²) in [5, 5.41) is 0.554. The number of fused-ring (bicyclic) bond motifs is 1. The molecule has 0 unspecified atom stereocenters. The standard InChI is InChI=1S/C22H23FN2O/c1-4-5-6-7-21-24-20-14-16(15(2)3)8-13-19(20)22(26)25(21)18-11-9-17(23)10-12-18/h8-14H,2,4-7H2,1,3H3. The van der Waals surface area contributed by atoms with E-state index in [0.29, 0.717) is 28.8 Å². The molecule has 0 spiro atoms. The predicted molar refractivity (Wildman–Crippen MR) is 105 cm³/mol. The molecule has 0 radical (unpaired) electrons. The second kappa shape index (κ2) is 7.65. The Hall–Kier alpha value is -2.75. The largest absolute Gasteiger partial charge is 0.268 e. The van der Waals surface area contributed by atoms with Gasteiger partial charge in [0.25, 0.3) is 5.56 Å². The van der Waals surface area contributed by atoms with E-state index in [2.05, 4.69) is 13.5 Å². The summed E-state index contributed by atoms with van der Waals surface area (Å²) in [5.74, 6) is 0.385. The van der Waals surface area contributed by atoms with E-state index in [1.165, 1.54) is 12.1 Å². The summed E-state index contributed by atoms with van der Waals surface area (Å²) >= 11 is 0. The van der Waals surface area contributed by atoms with E-state index in [0.717, 1.165) is 30.4 Å². The van der Waals surface area contributed by atoms with Gasteiger partial charge in [0.1, 0.15) is 11.6 Å². The molecule has 0 aliphatic rings. The van der Waals surface area contributed by atoms with Crippen LogP contribution in [0.25, 0.3) is 22.2 Å². The van der Waals surface area contributed by atoms with Gasteiger partial charge >= 0.3 is 0 Å². The molecular formula is C22H23FN2O. The van der Waals surface area contributed by atoms with E-state index in [4.69, 9.17) is 4.98 Å². The Morgan fingerprint density at radius 3 is 2.54 bits per heavy atom. The fourth-order valence-electron chi connectivity index (χ4n) is 3.05. The van der Waals surface area contributed by atoms with Crippen molar-refractivity contribution in [3.63, 3.8) is 0 Å². The highest BCUT2D eigenvalue weighted by Crippen LogP contribution is 2.19. The molecule has 0 saturated heterocycles. The molecule has 0 fully saturated rings. The van der Waals surface area contributed by atoms with Crippen molar-refractivity contribution in [1.29, 1.82) is 0 Å². The van der Waals surface area contributed by atoms with Crippen LogP contribution in [-0.4, -0.2) is 9.55 Å². The maximum absolute atomic E-state index is 13.3. The maximum atomic E-state index is 13.3. The van der Waals surface area contributed by atoms with Gasteiger partial charge in [0.15, 0.2) is 0 Å². The topological polar surface area (TPSA) is 34.9 Å². The van der Waals surface area contributed by atoms with E-state index in [9.17, 15) is 9.18 Å². The normalized spacial score (nSPS) is 11.0. The highest BCUT2D eigenvalue weighted by Gasteiger charge is 2.13. The molecule has 2 aromatic carbocycles. The van der Waals surface area contributed by atoms with Crippen molar-refractivity contribution in [2.24, 2.45) is 0 Å². The number of hydrogen-bond acceptors (Lipinski definition) is 2. The average Bonchev–Trinajstić information content (AvgIpc) is 2.63. The lowest BCUT2D eigenvalue weighted by atomic mass is 10.1. The molecule has 4 heteroatoms. The van der Waals surface area contributed by atoms with Gasteiger partial charge in [-0.3, -0.25) is 9.36 Å². The number of unbranched alkanes of at least 4 members (excludes halogenated alkanes) is 2. The molecule has 134 valence electrons. The Bertz CT molecular complexity index is 1000. The monoisotopic (exact) mass is 350 g/mol. The van der Waals surface area contributed by atoms with Crippen LogP contribution in [0.4, 0.5) is 4.39 Å². The molecular weight excluding hydrogens is 327 g/mol. The minimum Gasteiger partial charge on any atom is -0.268 e. The molecule has 3 aromatic rings. The van der Waals surface area contributed by atoms with Crippen molar-refractivity contribution in [2.45, 2.75) is 39.5 Å². The van der Waals surface area contributed by atoms with Crippen LogP contribution in [0.5, 0.6) is 0 Å². The highest BCUT2D eigenvalue weighted by molar-refractivity contribution is 5.82. The quantitative estimate of drug-likeness (QED) is 0.566. The molecule has 3 rings (SSSR count). The summed E-state index contributed by atoms with van der Waals surface area (Å²) in [6.45, 7) is 8.04. The lowest BCUT2D eigenvalue weighted by Gasteiger charge is -2.14. The van der Waals surface area contributed by atoms with Crippen LogP contribution in [0, 0.1) is 5.82 Å². The van der Waals surface area contributed by atoms with Crippen molar-refractivity contribution in [2.75, 3.05) is 0 Å². The first-order chi connectivity index (χ1) is 12.5. The molecule has 0 amide bonds. The Morgan fingerprint density at radius 2 is 1.88 bits per heavy atom. The molecule has 0 saturated carbocycles. The third-order valence-electron chi connectivity index (χ3n) is 4.52. The van der Waals surface area contributed by atoms with Gasteiger partial charge in [0, 0.05) is 6.42 Å². The Morgan fingerprint density at radius 1 is 1.15 bits per heavy atom. The fourth-order valence-corrected chi connectivity index (χ4v) is 3.05. The van der Waals surface area contributed by atoms with Gasteiger partial charge in [-0.1, -0.05) is 38.0 Å². The van der Waals surface area contributed by atoms with Crippen LogP contribution in [0.1, 0.15) is 44.5 Å². The summed E-state index contributed by atoms with van der Waals surface area (Å²) in [5.41, 5.74) is 3.11. The molecule has 26 heavy (non-hydrogen) atoms. The maximum Gasteiger partial charge on any atom is 0.265 e. The van der Waals surface area contributed by atoms with Crippen LogP contribution in [0.2, 0.25) is 0 Å². The summed E-state index contributed by atoms with van der Waals surface area (Å²) < 4.78 is 14.9. The molecule has 0 aliphatic carbocycles. The third-order valence-corrected chi connectivity index (χ3v) is 4.52. The number of aromatic nitrogens is 2. The van der Waals surface area contributed by atoms with Gasteiger partial charge in [0.05, 0.1) is 16.6 Å². The molecule has 0 N–H and O–H groups in total. The number of aryl methyl sites for hydroxylation is 1. The first kappa shape index (κ1) is 18.1. The van der Waals surface area contributed by atoms with Crippen molar-refractivity contribution in [3.8, 4) is 5.69 Å². The Balaban J connectivity index is 2.22. The zero-order chi connectivity index (χ0) is 18.7. The third kappa shape index (κ3) is 3.59. The van der Waals surface area contributed by atoms with Crippen molar-refractivity contribution >= 4 is 16.5 Å². The number of benzene rings is 2. The molecule has 1 heterocycles. The van der Waals surface area contributed by atoms with Gasteiger partial charge in [-0.2, -0.15) is 0 Å². The van der Waals surface area contributed by atoms with Crippen LogP contribution < -0.4 is 5.56 Å². The minimum absolute atomic E-state index is 0.124. The van der Waals surface area contributed by atoms with Crippen molar-refractivity contribution < 1.29 is 4.39 Å². The lowest BCUT2D eigenvalue weighted by molar-refractivity contribution is 0.626. The second-order valence-corrected chi connectivity index (χ2v) is 6.61. The van der Waals surface area contributed by atoms with Crippen molar-refractivity contribution in [1.82, 2.24) is 9.55 Å². The second-order valence-electron chi connectivity index (χ2n) is 6.61. The minimum atomic E-state index is -0.325. The van der Waals surface area contributed by atoms with E-state index in [-0.39, 0.29) is 11.4 Å². The van der Waals surface area contributed by atoms with E-state index < -0.39 is 0 Å². The number of allylic oxidation sites excluding steroid dienone is 1. The van der Waals surface area contributed by atoms with Gasteiger partial charge in [-0.15, -0.1) is 0 Å². The lowest BCUT2D eigenvalue weighted by Crippen LogP contribution is -2.24. The first-order valence-corrected chi connectivity index (χ1v) is 8.98. The summed E-state index contributed by atoms with van der Waals surface area (Å²) in [7, 11) is 0. The Kier molecular flexibility index (Phi) is 5.31. The van der Waals surface area contributed by atoms with Gasteiger partial charge in [0.2, 0.25) is 0 Å². The molecule has 3 nitrogen and oxygen atoms in total. The van der Waals surface area contributed by atoms with Crippen molar-refractivity contribution in [3.05, 3.63) is 76.6 Å². The SMILES string of the molecule is C=C(C)c1ccc2c(=O)n(-c3ccc(F)cc3)c(CCCCC)nc2c1. The summed E-state index contributed by atoms with van der Waals surface area (Å²) in [6, 6.07) is 11.6. The number of nitrogens with zero attached hydrogens (tertiary/aromatic N) is 2. The van der Waals surface area contributed by atoms with Crippen LogP contribution in [0.15, 0.2) is 53.8 Å². The smallest absolute Gasteiger partial charge is 0.265 e. The predicted octanol–water partition coefficient (Wildman–Crippen LogP) is 5.29. The average molecular weight is 350 g/mol. The van der Waals surface area contributed by atoms with Gasteiger partial charge < -0.3 is 0 Å². The summed E-state index contributed by atoms with van der Waals surface area (Å²) in [6.07, 6.45) is 3.82. The Labute approximate surface area is 152 Å². The number of halogens is 1. The van der Waals surface area contributed by atoms with E-state index in [1.54, 1.807) is 22.8 Å². The summed E-state index contributed by atoms with van der Waals surface area (Å²) in [4.78, 5) is 17.9. The zero-order valence-corrected chi connectivity index (χ0v) is 15.3. The zero-order valence-electron chi connectivity index (χ0n) is 15.3. The van der Waals surface area contributed by atoms with E-state index >= 15 is 0 Å². The molecule has 1 aromatic heterocycles. The number of hydrogen-bond donors (Lipinski definition) is 0. The molecule has 0 aliphatic heterocycles. The van der Waals surface area contributed by atoms with Crippen LogP contribution in [0.3, 0.4) is 0 Å². The van der Waals surface area contributed by atoms with E-state index in [1.807, 2.05) is 19.1 Å². The highest BCUT2D eigenvalue weighted by atomic mass is 19.1. The van der Waals surface area contributed by atoms with Gasteiger partial charge in [-0.05, 0) is 55.3 Å². The first-order valence-electron chi connectivity index (χ1n) is 8.98.